The summed E-state index contributed by atoms with van der Waals surface area (Å²) in [6.45, 7) is 6.48. The Morgan fingerprint density at radius 3 is 2.47 bits per heavy atom. The van der Waals surface area contributed by atoms with Gasteiger partial charge in [-0.15, -0.1) is 11.3 Å². The SMILES string of the molecule is CC(C)(C)c1ccc(-c2cc(=O)c3ccc(NC(=O)Cc4cccs4)cc3o2)cc1. The molecule has 5 heteroatoms. The molecule has 2 aromatic carbocycles. The van der Waals surface area contributed by atoms with Crippen LogP contribution in [-0.4, -0.2) is 5.91 Å². The minimum Gasteiger partial charge on any atom is -0.456 e. The number of fused-ring (bicyclic) bond motifs is 1. The molecule has 0 aliphatic rings. The lowest BCUT2D eigenvalue weighted by molar-refractivity contribution is -0.115. The number of nitrogens with one attached hydrogen (secondary N) is 1. The number of hydrogen-bond acceptors (Lipinski definition) is 4. The van der Waals surface area contributed by atoms with Crippen molar-refractivity contribution in [3.05, 3.63) is 86.7 Å². The van der Waals surface area contributed by atoms with Crippen molar-refractivity contribution >= 4 is 33.9 Å². The largest absolute Gasteiger partial charge is 0.456 e. The summed E-state index contributed by atoms with van der Waals surface area (Å²) in [6, 6.07) is 18.5. The maximum absolute atomic E-state index is 12.6. The molecule has 4 aromatic rings. The molecule has 30 heavy (non-hydrogen) atoms. The Kier molecular flexibility index (Phi) is 5.31. The van der Waals surface area contributed by atoms with E-state index in [1.54, 1.807) is 29.5 Å². The molecule has 2 aromatic heterocycles. The maximum Gasteiger partial charge on any atom is 0.229 e. The number of carbonyl (C=O) groups excluding carboxylic acids is 1. The van der Waals surface area contributed by atoms with E-state index >= 15 is 0 Å². The molecule has 0 aliphatic carbocycles. The second-order valence-corrected chi connectivity index (χ2v) is 9.35. The van der Waals surface area contributed by atoms with Crippen molar-refractivity contribution in [2.75, 3.05) is 5.32 Å². The fraction of sp³-hybridized carbons (Fsp3) is 0.200. The molecule has 0 bridgehead atoms. The summed E-state index contributed by atoms with van der Waals surface area (Å²) >= 11 is 1.55. The number of amides is 1. The Labute approximate surface area is 179 Å². The molecule has 0 radical (unpaired) electrons. The number of benzene rings is 2. The smallest absolute Gasteiger partial charge is 0.229 e. The van der Waals surface area contributed by atoms with Gasteiger partial charge in [0.1, 0.15) is 11.3 Å². The zero-order valence-electron chi connectivity index (χ0n) is 17.2. The average Bonchev–Trinajstić information content (AvgIpc) is 3.20. The van der Waals surface area contributed by atoms with Crippen LogP contribution < -0.4 is 10.7 Å². The van der Waals surface area contributed by atoms with E-state index in [1.807, 2.05) is 29.6 Å². The first-order valence-corrected chi connectivity index (χ1v) is 10.7. The molecular weight excluding hydrogens is 394 g/mol. The molecule has 0 fully saturated rings. The predicted molar refractivity (Wildman–Crippen MR) is 123 cm³/mol. The van der Waals surface area contributed by atoms with E-state index in [9.17, 15) is 9.59 Å². The molecule has 1 N–H and O–H groups in total. The summed E-state index contributed by atoms with van der Waals surface area (Å²) in [5.74, 6) is 0.406. The van der Waals surface area contributed by atoms with Gasteiger partial charge in [0.15, 0.2) is 5.43 Å². The lowest BCUT2D eigenvalue weighted by Crippen LogP contribution is -2.13. The molecule has 1 amide bonds. The Bertz CT molecular complexity index is 1250. The summed E-state index contributed by atoms with van der Waals surface area (Å²) in [5.41, 5.74) is 3.06. The van der Waals surface area contributed by atoms with Crippen molar-refractivity contribution in [3.8, 4) is 11.3 Å². The van der Waals surface area contributed by atoms with Gasteiger partial charge < -0.3 is 9.73 Å². The highest BCUT2D eigenvalue weighted by atomic mass is 32.1. The third-order valence-electron chi connectivity index (χ3n) is 4.96. The topological polar surface area (TPSA) is 59.3 Å². The molecule has 0 aliphatic heterocycles. The van der Waals surface area contributed by atoms with Crippen LogP contribution in [0.1, 0.15) is 31.2 Å². The van der Waals surface area contributed by atoms with Gasteiger partial charge >= 0.3 is 0 Å². The summed E-state index contributed by atoms with van der Waals surface area (Å²) in [7, 11) is 0. The summed E-state index contributed by atoms with van der Waals surface area (Å²) in [4.78, 5) is 25.9. The van der Waals surface area contributed by atoms with Gasteiger partial charge in [-0.25, -0.2) is 0 Å². The van der Waals surface area contributed by atoms with E-state index in [0.717, 1.165) is 10.4 Å². The summed E-state index contributed by atoms with van der Waals surface area (Å²) in [5, 5.41) is 5.32. The molecule has 4 rings (SSSR count). The number of anilines is 1. The van der Waals surface area contributed by atoms with E-state index in [2.05, 4.69) is 38.2 Å². The Morgan fingerprint density at radius 1 is 1.03 bits per heavy atom. The fourth-order valence-electron chi connectivity index (χ4n) is 3.29. The third kappa shape index (κ3) is 4.36. The number of rotatable bonds is 4. The summed E-state index contributed by atoms with van der Waals surface area (Å²) in [6.07, 6.45) is 0.319. The minimum absolute atomic E-state index is 0.0545. The van der Waals surface area contributed by atoms with Crippen LogP contribution in [0.4, 0.5) is 5.69 Å². The highest BCUT2D eigenvalue weighted by Gasteiger charge is 2.14. The van der Waals surface area contributed by atoms with Crippen LogP contribution in [0.3, 0.4) is 0 Å². The molecule has 0 saturated heterocycles. The van der Waals surface area contributed by atoms with Crippen LogP contribution in [0.15, 0.2) is 75.3 Å². The normalized spacial score (nSPS) is 11.6. The van der Waals surface area contributed by atoms with Gasteiger partial charge in [0.2, 0.25) is 5.91 Å². The molecule has 2 heterocycles. The Hall–Kier alpha value is -3.18. The third-order valence-corrected chi connectivity index (χ3v) is 5.84. The molecule has 0 saturated carbocycles. The molecule has 0 atom stereocenters. The second-order valence-electron chi connectivity index (χ2n) is 8.32. The average molecular weight is 418 g/mol. The predicted octanol–water partition coefficient (Wildman–Crippen LogP) is 6.00. The van der Waals surface area contributed by atoms with Crippen molar-refractivity contribution in [1.82, 2.24) is 0 Å². The lowest BCUT2D eigenvalue weighted by atomic mass is 9.86. The standard InChI is InChI=1S/C25H23NO3S/c1-25(2,3)17-8-6-16(7-9-17)22-15-21(27)20-11-10-18(13-23(20)29-22)26-24(28)14-19-5-4-12-30-19/h4-13,15H,14H2,1-3H3,(H,26,28). The highest BCUT2D eigenvalue weighted by Crippen LogP contribution is 2.28. The number of hydrogen-bond donors (Lipinski definition) is 1. The van der Waals surface area contributed by atoms with Crippen molar-refractivity contribution in [1.29, 1.82) is 0 Å². The first kappa shape index (κ1) is 20.1. The van der Waals surface area contributed by atoms with Gasteiger partial charge in [-0.2, -0.15) is 0 Å². The van der Waals surface area contributed by atoms with Crippen molar-refractivity contribution < 1.29 is 9.21 Å². The lowest BCUT2D eigenvalue weighted by Gasteiger charge is -2.19. The van der Waals surface area contributed by atoms with Gasteiger partial charge in [-0.05, 0) is 34.6 Å². The monoisotopic (exact) mass is 417 g/mol. The maximum atomic E-state index is 12.6. The van der Waals surface area contributed by atoms with Crippen LogP contribution in [0.2, 0.25) is 0 Å². The fourth-order valence-corrected chi connectivity index (χ4v) is 3.99. The summed E-state index contributed by atoms with van der Waals surface area (Å²) < 4.78 is 6.03. The van der Waals surface area contributed by atoms with Crippen molar-refractivity contribution in [3.63, 3.8) is 0 Å². The van der Waals surface area contributed by atoms with Gasteiger partial charge in [-0.3, -0.25) is 9.59 Å². The first-order valence-electron chi connectivity index (χ1n) is 9.81. The number of thiophene rings is 1. The molecule has 0 spiro atoms. The Morgan fingerprint density at radius 2 is 1.80 bits per heavy atom. The number of carbonyl (C=O) groups is 1. The zero-order valence-corrected chi connectivity index (χ0v) is 18.0. The van der Waals surface area contributed by atoms with Crippen molar-refractivity contribution in [2.24, 2.45) is 0 Å². The zero-order chi connectivity index (χ0) is 21.3. The van der Waals surface area contributed by atoms with E-state index in [1.165, 1.54) is 11.6 Å². The molecule has 0 unspecified atom stereocenters. The molecule has 152 valence electrons. The van der Waals surface area contributed by atoms with Crippen LogP contribution in [0.5, 0.6) is 0 Å². The van der Waals surface area contributed by atoms with E-state index in [-0.39, 0.29) is 16.8 Å². The van der Waals surface area contributed by atoms with Crippen LogP contribution in [0.25, 0.3) is 22.3 Å². The Balaban J connectivity index is 1.63. The second kappa shape index (κ2) is 7.92. The van der Waals surface area contributed by atoms with Crippen LogP contribution in [0, 0.1) is 0 Å². The molecular formula is C25H23NO3S. The first-order chi connectivity index (χ1) is 14.3. The quantitative estimate of drug-likeness (QED) is 0.443. The van der Waals surface area contributed by atoms with Crippen LogP contribution in [-0.2, 0) is 16.6 Å². The van der Waals surface area contributed by atoms with E-state index < -0.39 is 0 Å². The highest BCUT2D eigenvalue weighted by molar-refractivity contribution is 7.10. The van der Waals surface area contributed by atoms with Crippen molar-refractivity contribution in [2.45, 2.75) is 32.6 Å². The van der Waals surface area contributed by atoms with E-state index in [0.29, 0.717) is 28.8 Å². The minimum atomic E-state index is -0.109. The van der Waals surface area contributed by atoms with Gasteiger partial charge in [0.05, 0.1) is 11.8 Å². The van der Waals surface area contributed by atoms with E-state index in [4.69, 9.17) is 4.42 Å². The molecule has 4 nitrogen and oxygen atoms in total. The van der Waals surface area contributed by atoms with Crippen LogP contribution >= 0.6 is 11.3 Å². The van der Waals surface area contributed by atoms with Gasteiger partial charge in [0.25, 0.3) is 0 Å². The van der Waals surface area contributed by atoms with Gasteiger partial charge in [0, 0.05) is 28.3 Å². The van der Waals surface area contributed by atoms with Gasteiger partial charge in [-0.1, -0.05) is 51.1 Å².